The van der Waals surface area contributed by atoms with Gasteiger partial charge in [0, 0.05) is 33.5 Å². The van der Waals surface area contributed by atoms with Crippen molar-refractivity contribution in [3.05, 3.63) is 279 Å². The molecule has 0 saturated heterocycles. The summed E-state index contributed by atoms with van der Waals surface area (Å²) >= 11 is 0. The van der Waals surface area contributed by atoms with Crippen LogP contribution in [0.5, 0.6) is 0 Å². The molecule has 2 nitrogen and oxygen atoms in total. The second kappa shape index (κ2) is 17.2. The SMILES string of the molecule is c1ccc(-c2ccc(-c3ccc4c(c3)c3cc(-c5ccc(N(c6ccccc6)c6ccc(-c7cccc8ccccc78)cc6)cc5)ccc3n4-c3ccc4c5ccccc5c5ccccc5c4c3)cc2)cc1. The van der Waals surface area contributed by atoms with E-state index in [2.05, 4.69) is 289 Å². The van der Waals surface area contributed by atoms with Crippen LogP contribution < -0.4 is 4.90 Å². The van der Waals surface area contributed by atoms with Gasteiger partial charge in [0.05, 0.1) is 11.0 Å². The predicted octanol–water partition coefficient (Wildman–Crippen LogP) is 19.5. The van der Waals surface area contributed by atoms with Crippen LogP contribution in [0.25, 0.3) is 115 Å². The van der Waals surface area contributed by atoms with Crippen LogP contribution >= 0.6 is 0 Å². The molecule has 14 rings (SSSR count). The standard InChI is InChI=1S/C70H46N2/c1-3-14-47(15-4-1)48-26-28-49(29-27-48)53-34-42-69-67(44-53)68-45-54(35-43-70(68)72(69)58-40-41-65-63-23-10-9-21-61(63)62-22-11-12-24-64(62)66(65)46-58)50-30-36-56(37-31-50)71(55-18-5-2-6-19-55)57-38-32-52(33-39-57)60-25-13-17-51-16-7-8-20-59(51)60/h1-46H. The molecule has 336 valence electrons. The molecule has 0 aliphatic heterocycles. The number of nitrogens with zero attached hydrogens (tertiary/aromatic N) is 2. The Bertz CT molecular complexity index is 4300. The van der Waals surface area contributed by atoms with Crippen molar-refractivity contribution in [3.8, 4) is 50.2 Å². The van der Waals surface area contributed by atoms with Crippen LogP contribution in [0.2, 0.25) is 0 Å². The summed E-state index contributed by atoms with van der Waals surface area (Å²) in [6.45, 7) is 0. The van der Waals surface area contributed by atoms with Gasteiger partial charge < -0.3 is 9.47 Å². The molecular weight excluding hydrogens is 869 g/mol. The molecule has 1 aromatic heterocycles. The van der Waals surface area contributed by atoms with Crippen LogP contribution in [0.3, 0.4) is 0 Å². The molecule has 1 heterocycles. The van der Waals surface area contributed by atoms with Crippen LogP contribution in [0.4, 0.5) is 17.1 Å². The summed E-state index contributed by atoms with van der Waals surface area (Å²) < 4.78 is 2.46. The summed E-state index contributed by atoms with van der Waals surface area (Å²) in [6, 6.07) is 102. The molecule has 0 fully saturated rings. The molecule has 0 N–H and O–H groups in total. The fraction of sp³-hybridized carbons (Fsp3) is 0. The number of aromatic nitrogens is 1. The zero-order valence-electron chi connectivity index (χ0n) is 39.5. The van der Waals surface area contributed by atoms with E-state index < -0.39 is 0 Å². The molecule has 0 aliphatic carbocycles. The van der Waals surface area contributed by atoms with Gasteiger partial charge >= 0.3 is 0 Å². The maximum atomic E-state index is 2.46. The van der Waals surface area contributed by atoms with Crippen molar-refractivity contribution < 1.29 is 0 Å². The Morgan fingerprint density at radius 2 is 0.625 bits per heavy atom. The first kappa shape index (κ1) is 41.5. The van der Waals surface area contributed by atoms with Gasteiger partial charge in [-0.15, -0.1) is 0 Å². The molecule has 0 radical (unpaired) electrons. The first-order valence-electron chi connectivity index (χ1n) is 24.8. The fourth-order valence-corrected chi connectivity index (χ4v) is 11.3. The monoisotopic (exact) mass is 914 g/mol. The third kappa shape index (κ3) is 7.03. The fourth-order valence-electron chi connectivity index (χ4n) is 11.3. The van der Waals surface area contributed by atoms with Gasteiger partial charge in [-0.3, -0.25) is 0 Å². The molecule has 0 saturated carbocycles. The number of hydrogen-bond acceptors (Lipinski definition) is 1. The minimum absolute atomic E-state index is 1.10. The summed E-state index contributed by atoms with van der Waals surface area (Å²) in [5.41, 5.74) is 16.4. The summed E-state index contributed by atoms with van der Waals surface area (Å²) in [7, 11) is 0. The van der Waals surface area contributed by atoms with Crippen LogP contribution in [-0.4, -0.2) is 4.57 Å². The minimum Gasteiger partial charge on any atom is -0.311 e. The molecule has 72 heavy (non-hydrogen) atoms. The van der Waals surface area contributed by atoms with E-state index in [1.54, 1.807) is 0 Å². The van der Waals surface area contributed by atoms with Gasteiger partial charge in [-0.2, -0.15) is 0 Å². The van der Waals surface area contributed by atoms with Gasteiger partial charge in [0.15, 0.2) is 0 Å². The van der Waals surface area contributed by atoms with Gasteiger partial charge in [-0.05, 0) is 160 Å². The number of anilines is 3. The maximum absolute atomic E-state index is 2.46. The highest BCUT2D eigenvalue weighted by Gasteiger charge is 2.18. The normalized spacial score (nSPS) is 11.6. The second-order valence-electron chi connectivity index (χ2n) is 18.9. The highest BCUT2D eigenvalue weighted by atomic mass is 15.1. The van der Waals surface area contributed by atoms with Crippen LogP contribution in [0.15, 0.2) is 279 Å². The van der Waals surface area contributed by atoms with E-state index in [1.807, 2.05) is 0 Å². The summed E-state index contributed by atoms with van der Waals surface area (Å²) in [5.74, 6) is 0. The Balaban J connectivity index is 0.885. The van der Waals surface area contributed by atoms with Crippen LogP contribution in [0.1, 0.15) is 0 Å². The van der Waals surface area contributed by atoms with Gasteiger partial charge in [-0.1, -0.05) is 206 Å². The molecule has 0 atom stereocenters. The zero-order chi connectivity index (χ0) is 47.5. The average Bonchev–Trinajstić information content (AvgIpc) is 3.79. The quantitative estimate of drug-likeness (QED) is 0.138. The van der Waals surface area contributed by atoms with Crippen molar-refractivity contribution in [3.63, 3.8) is 0 Å². The Morgan fingerprint density at radius 1 is 0.222 bits per heavy atom. The Hall–Kier alpha value is -9.50. The first-order chi connectivity index (χ1) is 35.7. The molecule has 2 heteroatoms. The minimum atomic E-state index is 1.10. The highest BCUT2D eigenvalue weighted by Crippen LogP contribution is 2.42. The van der Waals surface area contributed by atoms with E-state index in [9.17, 15) is 0 Å². The number of para-hydroxylation sites is 1. The van der Waals surface area contributed by atoms with Crippen molar-refractivity contribution in [2.75, 3.05) is 4.90 Å². The van der Waals surface area contributed by atoms with E-state index in [4.69, 9.17) is 0 Å². The van der Waals surface area contributed by atoms with Crippen molar-refractivity contribution in [1.29, 1.82) is 0 Å². The lowest BCUT2D eigenvalue weighted by Gasteiger charge is -2.26. The number of benzene rings is 13. The van der Waals surface area contributed by atoms with Gasteiger partial charge in [0.2, 0.25) is 0 Å². The molecule has 14 aromatic rings. The number of rotatable bonds is 8. The molecule has 0 aliphatic rings. The Kier molecular flexibility index (Phi) is 9.89. The number of hydrogen-bond donors (Lipinski definition) is 0. The van der Waals surface area contributed by atoms with Crippen molar-refractivity contribution in [1.82, 2.24) is 4.57 Å². The smallest absolute Gasteiger partial charge is 0.0541 e. The summed E-state index contributed by atoms with van der Waals surface area (Å²) in [5, 5.41) is 12.6. The average molecular weight is 915 g/mol. The lowest BCUT2D eigenvalue weighted by atomic mass is 9.94. The summed E-state index contributed by atoms with van der Waals surface area (Å²) in [6.07, 6.45) is 0. The van der Waals surface area contributed by atoms with E-state index in [0.717, 1.165) is 28.3 Å². The van der Waals surface area contributed by atoms with Gasteiger partial charge in [-0.25, -0.2) is 0 Å². The van der Waals surface area contributed by atoms with Crippen molar-refractivity contribution >= 4 is 82.0 Å². The van der Waals surface area contributed by atoms with Crippen molar-refractivity contribution in [2.24, 2.45) is 0 Å². The van der Waals surface area contributed by atoms with Crippen LogP contribution in [-0.2, 0) is 0 Å². The summed E-state index contributed by atoms with van der Waals surface area (Å²) in [4.78, 5) is 2.34. The lowest BCUT2D eigenvalue weighted by molar-refractivity contribution is 1.19. The van der Waals surface area contributed by atoms with Crippen LogP contribution in [0, 0.1) is 0 Å². The first-order valence-corrected chi connectivity index (χ1v) is 24.8. The molecule has 0 amide bonds. The maximum Gasteiger partial charge on any atom is 0.0541 e. The van der Waals surface area contributed by atoms with Gasteiger partial charge in [0.25, 0.3) is 0 Å². The molecule has 0 unspecified atom stereocenters. The van der Waals surface area contributed by atoms with E-state index >= 15 is 0 Å². The third-order valence-electron chi connectivity index (χ3n) is 14.8. The second-order valence-corrected chi connectivity index (χ2v) is 18.9. The van der Waals surface area contributed by atoms with E-state index in [-0.39, 0.29) is 0 Å². The highest BCUT2D eigenvalue weighted by molar-refractivity contribution is 6.25. The van der Waals surface area contributed by atoms with Crippen molar-refractivity contribution in [2.45, 2.75) is 0 Å². The van der Waals surface area contributed by atoms with E-state index in [0.29, 0.717) is 0 Å². The Labute approximate surface area is 418 Å². The van der Waals surface area contributed by atoms with Gasteiger partial charge in [0.1, 0.15) is 0 Å². The van der Waals surface area contributed by atoms with E-state index in [1.165, 1.54) is 104 Å². The topological polar surface area (TPSA) is 8.17 Å². The lowest BCUT2D eigenvalue weighted by Crippen LogP contribution is -2.09. The number of fused-ring (bicyclic) bond motifs is 10. The molecular formula is C70H46N2. The zero-order valence-corrected chi connectivity index (χ0v) is 39.5. The Morgan fingerprint density at radius 3 is 1.21 bits per heavy atom. The third-order valence-corrected chi connectivity index (χ3v) is 14.8. The molecule has 13 aromatic carbocycles. The molecule has 0 spiro atoms. The predicted molar refractivity (Wildman–Crippen MR) is 307 cm³/mol. The molecule has 0 bridgehead atoms. The largest absolute Gasteiger partial charge is 0.311 e.